The first-order chi connectivity index (χ1) is 21.8. The van der Waals surface area contributed by atoms with Crippen molar-refractivity contribution in [2.45, 2.75) is 116 Å². The Balaban J connectivity index is 1.42. The van der Waals surface area contributed by atoms with Crippen molar-refractivity contribution in [3.8, 4) is 0 Å². The van der Waals surface area contributed by atoms with Crippen molar-refractivity contribution in [2.24, 2.45) is 11.3 Å². The number of carbonyl (C=O) groups excluding carboxylic acids is 4. The summed E-state index contributed by atoms with van der Waals surface area (Å²) in [4.78, 5) is 62.5. The van der Waals surface area contributed by atoms with E-state index >= 15 is 0 Å². The molecule has 4 rings (SSSR count). The summed E-state index contributed by atoms with van der Waals surface area (Å²) in [5, 5.41) is 3.14. The third-order valence-corrected chi connectivity index (χ3v) is 10.2. The van der Waals surface area contributed by atoms with Crippen LogP contribution >= 0.6 is 0 Å². The molecular formula is C36H57N5O5. The van der Waals surface area contributed by atoms with Gasteiger partial charge >= 0.3 is 5.97 Å². The van der Waals surface area contributed by atoms with Crippen molar-refractivity contribution in [3.05, 3.63) is 35.9 Å². The molecule has 0 spiro atoms. The first-order valence-corrected chi connectivity index (χ1v) is 17.3. The highest BCUT2D eigenvalue weighted by molar-refractivity contribution is 5.91. The van der Waals surface area contributed by atoms with E-state index in [1.807, 2.05) is 65.2 Å². The second-order valence-corrected chi connectivity index (χ2v) is 15.0. The fourth-order valence-corrected chi connectivity index (χ4v) is 7.30. The SMILES string of the molecule is CC(C)[C@@H](CN1CCC[C@H]1C(=O)N1CCCC1C(=O)OCc1ccccc1)N(C)C(=O)C(NC(=O)C1CCCCN1C)C(C)(C)C. The molecule has 5 atom stereocenters. The molecule has 0 saturated carbocycles. The highest BCUT2D eigenvalue weighted by Gasteiger charge is 2.44. The summed E-state index contributed by atoms with van der Waals surface area (Å²) >= 11 is 0. The van der Waals surface area contributed by atoms with Gasteiger partial charge in [-0.05, 0) is 75.6 Å². The molecule has 1 N–H and O–H groups in total. The van der Waals surface area contributed by atoms with E-state index in [-0.39, 0.29) is 54.3 Å². The van der Waals surface area contributed by atoms with Crippen molar-refractivity contribution in [2.75, 3.05) is 40.3 Å². The van der Waals surface area contributed by atoms with Crippen molar-refractivity contribution < 1.29 is 23.9 Å². The summed E-state index contributed by atoms with van der Waals surface area (Å²) in [5.74, 6) is -0.444. The number of likely N-dealkylation sites (tertiary alicyclic amines) is 3. The molecule has 0 aromatic heterocycles. The Bertz CT molecular complexity index is 1200. The summed E-state index contributed by atoms with van der Waals surface area (Å²) in [5.41, 5.74) is 0.434. The molecule has 10 heteroatoms. The van der Waals surface area contributed by atoms with Crippen molar-refractivity contribution in [1.82, 2.24) is 24.9 Å². The Kier molecular flexibility index (Phi) is 12.3. The number of piperidine rings is 1. The molecule has 0 aliphatic carbocycles. The quantitative estimate of drug-likeness (QED) is 0.369. The van der Waals surface area contributed by atoms with Crippen LogP contribution in [0.3, 0.4) is 0 Å². The second kappa shape index (κ2) is 15.7. The molecule has 3 heterocycles. The molecule has 256 valence electrons. The van der Waals surface area contributed by atoms with Crippen LogP contribution in [0.4, 0.5) is 0 Å². The number of nitrogens with one attached hydrogen (secondary N) is 1. The topological polar surface area (TPSA) is 103 Å². The Morgan fingerprint density at radius 3 is 2.22 bits per heavy atom. The van der Waals surface area contributed by atoms with E-state index in [9.17, 15) is 19.2 Å². The number of hydrogen-bond donors (Lipinski definition) is 1. The lowest BCUT2D eigenvalue weighted by atomic mass is 9.84. The largest absolute Gasteiger partial charge is 0.459 e. The van der Waals surface area contributed by atoms with E-state index in [0.717, 1.165) is 57.2 Å². The van der Waals surface area contributed by atoms with E-state index in [1.165, 1.54) is 0 Å². The molecule has 1 aromatic carbocycles. The molecule has 3 fully saturated rings. The lowest BCUT2D eigenvalue weighted by Gasteiger charge is -2.41. The van der Waals surface area contributed by atoms with Gasteiger partial charge in [-0.25, -0.2) is 4.79 Å². The lowest BCUT2D eigenvalue weighted by Crippen LogP contribution is -2.61. The highest BCUT2D eigenvalue weighted by atomic mass is 16.5. The molecule has 10 nitrogen and oxygen atoms in total. The van der Waals surface area contributed by atoms with Crippen LogP contribution in [0.1, 0.15) is 85.1 Å². The number of likely N-dealkylation sites (N-methyl/N-ethyl adjacent to an activating group) is 2. The van der Waals surface area contributed by atoms with Gasteiger partial charge in [0.15, 0.2) is 0 Å². The van der Waals surface area contributed by atoms with Gasteiger partial charge in [-0.15, -0.1) is 0 Å². The summed E-state index contributed by atoms with van der Waals surface area (Å²) in [6.07, 6.45) is 5.86. The average molecular weight is 640 g/mol. The standard InChI is InChI=1S/C36H57N5O5/c1-25(2)30(39(7)34(44)31(36(3,4)5)37-32(42)27-17-11-12-20-38(27)6)23-40-21-13-18-28(40)33(43)41-22-14-19-29(41)35(45)46-24-26-15-9-8-10-16-26/h8-10,15-16,25,27-31H,11-14,17-24H2,1-7H3,(H,37,42)/t27?,28-,29?,30+,31?/m0/s1. The molecule has 46 heavy (non-hydrogen) atoms. The van der Waals surface area contributed by atoms with Gasteiger partial charge in [-0.3, -0.25) is 24.2 Å². The maximum atomic E-state index is 14.2. The Morgan fingerprint density at radius 1 is 0.913 bits per heavy atom. The number of hydrogen-bond acceptors (Lipinski definition) is 7. The first kappa shape index (κ1) is 35.9. The van der Waals surface area contributed by atoms with Crippen molar-refractivity contribution >= 4 is 23.7 Å². The molecule has 1 aromatic rings. The molecule has 0 bridgehead atoms. The Labute approximate surface area is 276 Å². The first-order valence-electron chi connectivity index (χ1n) is 17.3. The monoisotopic (exact) mass is 639 g/mol. The zero-order chi connectivity index (χ0) is 33.6. The highest BCUT2D eigenvalue weighted by Crippen LogP contribution is 2.29. The van der Waals surface area contributed by atoms with E-state index in [1.54, 1.807) is 9.80 Å². The van der Waals surface area contributed by atoms with Crippen molar-refractivity contribution in [1.29, 1.82) is 0 Å². The molecule has 3 amide bonds. The molecule has 3 saturated heterocycles. The molecule has 0 radical (unpaired) electrons. The summed E-state index contributed by atoms with van der Waals surface area (Å²) in [6, 6.07) is 7.61. The fourth-order valence-electron chi connectivity index (χ4n) is 7.30. The summed E-state index contributed by atoms with van der Waals surface area (Å²) in [7, 11) is 3.81. The normalized spacial score (nSPS) is 24.1. The van der Waals surface area contributed by atoms with E-state index < -0.39 is 17.5 Å². The number of amides is 3. The van der Waals surface area contributed by atoms with Gasteiger partial charge in [0.1, 0.15) is 18.7 Å². The van der Waals surface area contributed by atoms with Crippen LogP contribution in [0.25, 0.3) is 0 Å². The number of nitrogens with zero attached hydrogens (tertiary/aromatic N) is 4. The maximum Gasteiger partial charge on any atom is 0.329 e. The van der Waals surface area contributed by atoms with Gasteiger partial charge in [-0.1, -0.05) is 71.4 Å². The Morgan fingerprint density at radius 2 is 1.57 bits per heavy atom. The predicted molar refractivity (Wildman–Crippen MR) is 179 cm³/mol. The van der Waals surface area contributed by atoms with Crippen molar-refractivity contribution in [3.63, 3.8) is 0 Å². The zero-order valence-electron chi connectivity index (χ0n) is 29.2. The van der Waals surface area contributed by atoms with Crippen LogP contribution in [-0.2, 0) is 30.5 Å². The van der Waals surface area contributed by atoms with Gasteiger partial charge in [0.25, 0.3) is 0 Å². The summed E-state index contributed by atoms with van der Waals surface area (Å²) in [6.45, 7) is 13.1. The van der Waals surface area contributed by atoms with E-state index in [2.05, 4.69) is 29.0 Å². The lowest BCUT2D eigenvalue weighted by molar-refractivity contribution is -0.156. The number of ether oxygens (including phenoxy) is 1. The minimum atomic E-state index is -0.676. The third kappa shape index (κ3) is 8.68. The molecule has 3 aliphatic heterocycles. The minimum Gasteiger partial charge on any atom is -0.459 e. The van der Waals surface area contributed by atoms with Crippen LogP contribution in [-0.4, -0.2) is 114 Å². The van der Waals surface area contributed by atoms with Crippen LogP contribution in [0.15, 0.2) is 30.3 Å². The average Bonchev–Trinajstić information content (AvgIpc) is 3.70. The number of carbonyl (C=O) groups is 4. The minimum absolute atomic E-state index is 0.0235. The van der Waals surface area contributed by atoms with Crippen LogP contribution < -0.4 is 5.32 Å². The zero-order valence-corrected chi connectivity index (χ0v) is 29.2. The molecule has 3 aliphatic rings. The van der Waals surface area contributed by atoms with Gasteiger partial charge in [0.05, 0.1) is 12.1 Å². The van der Waals surface area contributed by atoms with Gasteiger partial charge < -0.3 is 19.9 Å². The van der Waals surface area contributed by atoms with Crippen LogP contribution in [0.2, 0.25) is 0 Å². The van der Waals surface area contributed by atoms with E-state index in [0.29, 0.717) is 19.5 Å². The number of esters is 1. The number of benzene rings is 1. The number of rotatable bonds is 11. The van der Waals surface area contributed by atoms with Gasteiger partial charge in [0, 0.05) is 26.2 Å². The Hall–Kier alpha value is -2.98. The fraction of sp³-hybridized carbons (Fsp3) is 0.722. The third-order valence-electron chi connectivity index (χ3n) is 10.2. The molecule has 3 unspecified atom stereocenters. The summed E-state index contributed by atoms with van der Waals surface area (Å²) < 4.78 is 5.63. The molecular weight excluding hydrogens is 582 g/mol. The maximum absolute atomic E-state index is 14.2. The second-order valence-electron chi connectivity index (χ2n) is 15.0. The smallest absolute Gasteiger partial charge is 0.329 e. The van der Waals surface area contributed by atoms with Gasteiger partial charge in [-0.2, -0.15) is 0 Å². The predicted octanol–water partition coefficient (Wildman–Crippen LogP) is 3.68. The van der Waals surface area contributed by atoms with Gasteiger partial charge in [0.2, 0.25) is 17.7 Å². The van der Waals surface area contributed by atoms with E-state index in [4.69, 9.17) is 4.74 Å². The van der Waals surface area contributed by atoms with Crippen LogP contribution in [0.5, 0.6) is 0 Å². The van der Waals surface area contributed by atoms with Crippen LogP contribution in [0, 0.1) is 11.3 Å².